The molecular weight excluding hydrogens is 1190 g/mol. The van der Waals surface area contributed by atoms with E-state index in [0.29, 0.717) is 0 Å². The van der Waals surface area contributed by atoms with Crippen LogP contribution < -0.4 is 21.3 Å². The molecule has 0 aliphatic carbocycles. The molecule has 1 fully saturated rings. The number of likely N-dealkylation sites (N-methyl/N-ethyl adjacent to an activating group) is 7. The number of methoxy groups -OCH3 is 1. The Labute approximate surface area is 547 Å². The number of amides is 11. The fourth-order valence-corrected chi connectivity index (χ4v) is 11.4. The monoisotopic (exact) mass is 1300 g/mol. The molecule has 1 rings (SSSR count). The van der Waals surface area contributed by atoms with Gasteiger partial charge in [0, 0.05) is 74.2 Å². The fraction of sp³-hybridized carbons (Fsp3) is 0.800. The Morgan fingerprint density at radius 2 is 0.957 bits per heavy atom. The van der Waals surface area contributed by atoms with Gasteiger partial charge >= 0.3 is 0 Å². The first-order chi connectivity index (χ1) is 42.4. The van der Waals surface area contributed by atoms with Gasteiger partial charge in [0.15, 0.2) is 0 Å². The van der Waals surface area contributed by atoms with Crippen molar-refractivity contribution in [2.24, 2.45) is 35.5 Å². The summed E-state index contributed by atoms with van der Waals surface area (Å²) in [4.78, 5) is 182. The van der Waals surface area contributed by atoms with E-state index in [0.717, 1.165) is 14.7 Å². The predicted molar refractivity (Wildman–Crippen MR) is 350 cm³/mol. The van der Waals surface area contributed by atoms with Gasteiger partial charge in [-0.2, -0.15) is 0 Å². The van der Waals surface area contributed by atoms with Gasteiger partial charge in [-0.1, -0.05) is 95.2 Å². The Morgan fingerprint density at radius 3 is 1.41 bits per heavy atom. The number of aliphatic hydroxyl groups excluding tert-OH is 1. The summed E-state index contributed by atoms with van der Waals surface area (Å²) < 4.78 is 5.73. The Hall–Kier alpha value is -6.77. The highest BCUT2D eigenvalue weighted by Crippen LogP contribution is 2.27. The summed E-state index contributed by atoms with van der Waals surface area (Å²) in [5.74, 6) is -11.2. The SMILES string of the molecule is CC=CC[C@@H](C)[C@@H](O)[C@H]1C(=O)N[C@@H](CC)C(=O)N(C)[C@H](CC[N+](=O)[O-])C(=O)N(C)[C@@H](CC(C)(C)OC)C(=O)N[C@@H](C(C)C)C(=O)N(C)[C@@H](CC(C)C)C(=O)N[C@@H](C)C(=O)N[C@H](C)C(=O)N(C)[C@@H](CC(C)C)C(=O)N(C)[C@@H](CC(C)C)C(=O)N(C)[C@@H](C(C)C)C(=O)N1C. The molecule has 27 heteroatoms. The summed E-state index contributed by atoms with van der Waals surface area (Å²) in [7, 11) is 10.8. The number of carbonyl (C=O) groups excluding carboxylic acids is 11. The lowest BCUT2D eigenvalue weighted by Gasteiger charge is -2.41. The third kappa shape index (κ3) is 23.1. The van der Waals surface area contributed by atoms with Gasteiger partial charge in [0.1, 0.15) is 66.5 Å². The number of rotatable bonds is 19. The van der Waals surface area contributed by atoms with Crippen LogP contribution in [0.5, 0.6) is 0 Å². The average molecular weight is 1310 g/mol. The Morgan fingerprint density at radius 1 is 0.533 bits per heavy atom. The smallest absolute Gasteiger partial charge is 0.246 e. The molecule has 0 aromatic carbocycles. The van der Waals surface area contributed by atoms with E-state index in [-0.39, 0.29) is 56.3 Å². The predicted octanol–water partition coefficient (Wildman–Crippen LogP) is 3.07. The summed E-state index contributed by atoms with van der Waals surface area (Å²) >= 11 is 0. The van der Waals surface area contributed by atoms with Gasteiger partial charge in [-0.25, -0.2) is 0 Å². The molecule has 92 heavy (non-hydrogen) atoms. The van der Waals surface area contributed by atoms with Crippen molar-refractivity contribution in [3.63, 3.8) is 0 Å². The van der Waals surface area contributed by atoms with E-state index in [9.17, 15) is 44.0 Å². The number of hydrogen-bond donors (Lipinski definition) is 5. The van der Waals surface area contributed by atoms with Crippen molar-refractivity contribution in [3.8, 4) is 0 Å². The van der Waals surface area contributed by atoms with Crippen molar-refractivity contribution in [1.29, 1.82) is 0 Å². The molecule has 0 unspecified atom stereocenters. The van der Waals surface area contributed by atoms with E-state index in [1.54, 1.807) is 74.5 Å². The summed E-state index contributed by atoms with van der Waals surface area (Å²) in [5.41, 5.74) is -1.14. The highest BCUT2D eigenvalue weighted by atomic mass is 16.6. The van der Waals surface area contributed by atoms with Crippen LogP contribution in [0.25, 0.3) is 0 Å². The van der Waals surface area contributed by atoms with Crippen molar-refractivity contribution in [3.05, 3.63) is 22.3 Å². The Bertz CT molecular complexity index is 2580. The lowest BCUT2D eigenvalue weighted by molar-refractivity contribution is -0.481. The number of nitro groups is 1. The zero-order chi connectivity index (χ0) is 71.5. The van der Waals surface area contributed by atoms with Crippen molar-refractivity contribution in [2.75, 3.05) is 63.0 Å². The number of aliphatic hydroxyl groups is 1. The summed E-state index contributed by atoms with van der Waals surface area (Å²) in [6.45, 7) is 28.0. The first kappa shape index (κ1) is 83.2. The molecule has 27 nitrogen and oxygen atoms in total. The zero-order valence-electron chi connectivity index (χ0n) is 59.9. The quantitative estimate of drug-likeness (QED) is 0.0705. The second-order valence-corrected chi connectivity index (χ2v) is 27.7. The minimum absolute atomic E-state index is 0.0921. The first-order valence-corrected chi connectivity index (χ1v) is 32.4. The van der Waals surface area contributed by atoms with Crippen molar-refractivity contribution < 1.29 is 67.5 Å². The molecule has 0 radical (unpaired) electrons. The number of hydrogen-bond acceptors (Lipinski definition) is 15. The maximum Gasteiger partial charge on any atom is 0.246 e. The first-order valence-electron chi connectivity index (χ1n) is 32.4. The van der Waals surface area contributed by atoms with E-state index in [1.165, 1.54) is 89.9 Å². The summed E-state index contributed by atoms with van der Waals surface area (Å²) in [5, 5.41) is 35.1. The van der Waals surface area contributed by atoms with Gasteiger partial charge in [-0.3, -0.25) is 62.9 Å². The van der Waals surface area contributed by atoms with E-state index < -0.39 is 179 Å². The van der Waals surface area contributed by atoms with Crippen molar-refractivity contribution in [1.82, 2.24) is 55.6 Å². The molecule has 1 aliphatic heterocycles. The van der Waals surface area contributed by atoms with Crippen LogP contribution in [0.1, 0.15) is 163 Å². The normalized spacial score (nSPS) is 26.7. The molecule has 0 aromatic heterocycles. The summed E-state index contributed by atoms with van der Waals surface area (Å²) in [6, 6.07) is -15.2. The van der Waals surface area contributed by atoms with Gasteiger partial charge in [0.05, 0.1) is 11.7 Å². The minimum Gasteiger partial charge on any atom is -0.390 e. The van der Waals surface area contributed by atoms with Gasteiger partial charge in [0.2, 0.25) is 71.5 Å². The molecule has 0 aromatic rings. The molecule has 11 amide bonds. The second-order valence-electron chi connectivity index (χ2n) is 27.7. The topological polar surface area (TPSA) is 331 Å². The van der Waals surface area contributed by atoms with Crippen molar-refractivity contribution >= 4 is 65.0 Å². The molecule has 5 N–H and O–H groups in total. The zero-order valence-corrected chi connectivity index (χ0v) is 59.9. The van der Waals surface area contributed by atoms with Gasteiger partial charge in [0.25, 0.3) is 0 Å². The Balaban J connectivity index is 4.57. The molecule has 1 saturated heterocycles. The maximum atomic E-state index is 15.3. The lowest BCUT2D eigenvalue weighted by atomic mass is 9.91. The van der Waals surface area contributed by atoms with E-state index in [4.69, 9.17) is 4.74 Å². The Kier molecular flexibility index (Phi) is 33.7. The highest BCUT2D eigenvalue weighted by Gasteiger charge is 2.47. The third-order valence-electron chi connectivity index (χ3n) is 17.5. The lowest BCUT2D eigenvalue weighted by Crippen LogP contribution is -2.64. The fourth-order valence-electron chi connectivity index (χ4n) is 11.4. The van der Waals surface area contributed by atoms with Crippen LogP contribution in [0.4, 0.5) is 0 Å². The van der Waals surface area contributed by atoms with Crippen LogP contribution >= 0.6 is 0 Å². The van der Waals surface area contributed by atoms with Crippen LogP contribution in [0.15, 0.2) is 12.2 Å². The largest absolute Gasteiger partial charge is 0.390 e. The maximum absolute atomic E-state index is 15.3. The van der Waals surface area contributed by atoms with E-state index in [2.05, 4.69) is 21.3 Å². The standard InChI is InChI=1S/C65H116N12O15/c1-26-28-29-41(13)53(78)52-57(82)68-44(27-2)59(84)70(18)45(30-31-77(90)91)60(85)74(22)49(35-65(16,17)92-25)56(81)69-50(39(9)10)63(88)71(19)46(32-36(3)4)55(80)66-42(14)54(79)67-43(15)58(83)72(20)47(33-37(5)6)61(86)73(21)48(34-38(7)8)62(87)75(23)51(40(11)12)64(89)76(52)24/h26,28,36-53,78H,27,29-35H2,1-25H3,(H,66,80)(H,67,79)(H,68,82)(H,69,81)/t41-,42+,43-,44+,45-,46+,47+,48+,49+,50+,51+,52+,53-/m1/s1. The molecule has 1 aliphatic rings. The number of allylic oxidation sites excluding steroid dienone is 2. The van der Waals surface area contributed by atoms with Crippen LogP contribution in [0, 0.1) is 45.6 Å². The second kappa shape index (κ2) is 37.2. The van der Waals surface area contributed by atoms with Gasteiger partial charge in [-0.15, -0.1) is 0 Å². The molecule has 0 bridgehead atoms. The molecule has 0 spiro atoms. The molecule has 526 valence electrons. The van der Waals surface area contributed by atoms with Crippen LogP contribution in [-0.4, -0.2) is 250 Å². The minimum atomic E-state index is -1.73. The molecule has 13 atom stereocenters. The van der Waals surface area contributed by atoms with Crippen LogP contribution in [0.3, 0.4) is 0 Å². The van der Waals surface area contributed by atoms with Gasteiger partial charge < -0.3 is 65.4 Å². The van der Waals surface area contributed by atoms with E-state index in [1.807, 2.05) is 41.5 Å². The van der Waals surface area contributed by atoms with E-state index >= 15 is 24.0 Å². The highest BCUT2D eigenvalue weighted by molar-refractivity contribution is 6.00. The molecule has 0 saturated carbocycles. The molecular formula is C65H116N12O15. The van der Waals surface area contributed by atoms with Crippen molar-refractivity contribution in [2.45, 2.75) is 241 Å². The number of nitrogens with one attached hydrogen (secondary N) is 4. The summed E-state index contributed by atoms with van der Waals surface area (Å²) in [6.07, 6.45) is 1.56. The third-order valence-corrected chi connectivity index (χ3v) is 17.5. The van der Waals surface area contributed by atoms with Gasteiger partial charge in [-0.05, 0) is 102 Å². The number of carbonyl (C=O) groups is 11. The average Bonchev–Trinajstić information content (AvgIpc) is 0.912. The number of nitrogens with zero attached hydrogens (tertiary/aromatic N) is 8. The van der Waals surface area contributed by atoms with Crippen LogP contribution in [-0.2, 0) is 57.5 Å². The molecule has 1 heterocycles. The van der Waals surface area contributed by atoms with Crippen LogP contribution in [0.2, 0.25) is 0 Å². The number of ether oxygens (including phenoxy) is 1.